The van der Waals surface area contributed by atoms with E-state index in [-0.39, 0.29) is 0 Å². The Morgan fingerprint density at radius 2 is 2.08 bits per heavy atom. The molecule has 1 unspecified atom stereocenters. The Kier molecular flexibility index (Phi) is 9.42. The summed E-state index contributed by atoms with van der Waals surface area (Å²) in [5.41, 5.74) is 0. The highest BCUT2D eigenvalue weighted by molar-refractivity contribution is 5.80. The minimum atomic E-state index is 0.588. The molecule has 1 N–H and O–H groups in total. The van der Waals surface area contributed by atoms with Crippen molar-refractivity contribution < 1.29 is 14.2 Å². The smallest absolute Gasteiger partial charge is 0.193 e. The van der Waals surface area contributed by atoms with Crippen molar-refractivity contribution in [1.82, 2.24) is 15.1 Å². The van der Waals surface area contributed by atoms with Crippen LogP contribution in [0.2, 0.25) is 0 Å². The summed E-state index contributed by atoms with van der Waals surface area (Å²) in [4.78, 5) is 9.61. The minimum Gasteiger partial charge on any atom is -0.382 e. The van der Waals surface area contributed by atoms with E-state index in [1.807, 2.05) is 0 Å². The van der Waals surface area contributed by atoms with E-state index in [9.17, 15) is 0 Å². The average molecular weight is 342 g/mol. The van der Waals surface area contributed by atoms with Gasteiger partial charge < -0.3 is 24.4 Å². The third-order valence-electron chi connectivity index (χ3n) is 4.49. The summed E-state index contributed by atoms with van der Waals surface area (Å²) in [7, 11) is 1.71. The molecule has 0 spiro atoms. The molecule has 0 bridgehead atoms. The van der Waals surface area contributed by atoms with Crippen LogP contribution in [0.5, 0.6) is 0 Å². The van der Waals surface area contributed by atoms with Crippen molar-refractivity contribution in [1.29, 1.82) is 0 Å². The number of nitrogens with zero attached hydrogens (tertiary/aromatic N) is 3. The summed E-state index contributed by atoms with van der Waals surface area (Å²) >= 11 is 0. The van der Waals surface area contributed by atoms with E-state index in [1.165, 1.54) is 6.42 Å². The zero-order chi connectivity index (χ0) is 17.0. The molecule has 0 aromatic heterocycles. The molecule has 1 atom stereocenters. The summed E-state index contributed by atoms with van der Waals surface area (Å²) < 4.78 is 16.1. The van der Waals surface area contributed by atoms with Crippen molar-refractivity contribution in [3.63, 3.8) is 0 Å². The fraction of sp³-hybridized carbons (Fsp3) is 0.941. The summed E-state index contributed by atoms with van der Waals surface area (Å²) in [6.07, 6.45) is 1.17. The highest BCUT2D eigenvalue weighted by atomic mass is 16.5. The second-order valence-electron chi connectivity index (χ2n) is 6.36. The van der Waals surface area contributed by atoms with Crippen LogP contribution in [0.15, 0.2) is 4.99 Å². The van der Waals surface area contributed by atoms with E-state index in [4.69, 9.17) is 19.2 Å². The number of morpholine rings is 1. The minimum absolute atomic E-state index is 0.588. The standard InChI is InChI=1S/C17H34N4O3/c1-3-18-17(19-5-7-20-8-10-23-11-9-20)21-6-4-16(14-21)15-24-13-12-22-2/h16H,3-15H2,1-2H3,(H,18,19). The van der Waals surface area contributed by atoms with Crippen LogP contribution >= 0.6 is 0 Å². The van der Waals surface area contributed by atoms with Gasteiger partial charge in [0, 0.05) is 52.3 Å². The molecule has 2 aliphatic heterocycles. The fourth-order valence-corrected chi connectivity index (χ4v) is 3.10. The van der Waals surface area contributed by atoms with Crippen molar-refractivity contribution in [2.75, 3.05) is 86.0 Å². The lowest BCUT2D eigenvalue weighted by Gasteiger charge is -2.26. The first-order valence-electron chi connectivity index (χ1n) is 9.23. The first kappa shape index (κ1) is 19.4. The molecule has 24 heavy (non-hydrogen) atoms. The molecule has 2 aliphatic rings. The summed E-state index contributed by atoms with van der Waals surface area (Å²) in [5.74, 6) is 1.63. The van der Waals surface area contributed by atoms with Gasteiger partial charge in [0.2, 0.25) is 0 Å². The Hall–Kier alpha value is -0.890. The third-order valence-corrected chi connectivity index (χ3v) is 4.49. The van der Waals surface area contributed by atoms with Crippen LogP contribution < -0.4 is 5.32 Å². The molecular weight excluding hydrogens is 308 g/mol. The van der Waals surface area contributed by atoms with Gasteiger partial charge in [-0.05, 0) is 13.3 Å². The van der Waals surface area contributed by atoms with Crippen molar-refractivity contribution in [2.45, 2.75) is 13.3 Å². The Balaban J connectivity index is 1.71. The average Bonchev–Trinajstić information content (AvgIpc) is 3.08. The molecule has 0 saturated carbocycles. The quantitative estimate of drug-likeness (QED) is 0.369. The maximum Gasteiger partial charge on any atom is 0.193 e. The molecule has 0 aromatic carbocycles. The fourth-order valence-electron chi connectivity index (χ4n) is 3.10. The second-order valence-corrected chi connectivity index (χ2v) is 6.36. The molecule has 7 heteroatoms. The number of guanidine groups is 1. The number of ether oxygens (including phenoxy) is 3. The van der Waals surface area contributed by atoms with Crippen LogP contribution in [0.4, 0.5) is 0 Å². The first-order valence-corrected chi connectivity index (χ1v) is 9.23. The van der Waals surface area contributed by atoms with E-state index >= 15 is 0 Å². The molecule has 7 nitrogen and oxygen atoms in total. The molecular formula is C17H34N4O3. The third kappa shape index (κ3) is 6.93. The molecule has 0 aliphatic carbocycles. The Labute approximate surface area is 146 Å². The van der Waals surface area contributed by atoms with Crippen LogP contribution in [0.3, 0.4) is 0 Å². The van der Waals surface area contributed by atoms with Crippen molar-refractivity contribution in [3.05, 3.63) is 0 Å². The van der Waals surface area contributed by atoms with Crippen molar-refractivity contribution in [2.24, 2.45) is 10.9 Å². The maximum atomic E-state index is 5.68. The lowest BCUT2D eigenvalue weighted by Crippen LogP contribution is -2.41. The molecule has 2 saturated heterocycles. The van der Waals surface area contributed by atoms with Gasteiger partial charge in [-0.3, -0.25) is 9.89 Å². The van der Waals surface area contributed by atoms with Crippen LogP contribution in [0, 0.1) is 5.92 Å². The largest absolute Gasteiger partial charge is 0.382 e. The van der Waals surface area contributed by atoms with Crippen LogP contribution in [-0.4, -0.2) is 102 Å². The van der Waals surface area contributed by atoms with Gasteiger partial charge in [-0.15, -0.1) is 0 Å². The lowest BCUT2D eigenvalue weighted by atomic mass is 10.1. The zero-order valence-corrected chi connectivity index (χ0v) is 15.3. The summed E-state index contributed by atoms with van der Waals surface area (Å²) in [6, 6.07) is 0. The van der Waals surface area contributed by atoms with Gasteiger partial charge in [-0.25, -0.2) is 0 Å². The van der Waals surface area contributed by atoms with Crippen molar-refractivity contribution in [3.8, 4) is 0 Å². The number of likely N-dealkylation sites (tertiary alicyclic amines) is 1. The maximum absolute atomic E-state index is 5.68. The van der Waals surface area contributed by atoms with E-state index in [2.05, 4.69) is 22.0 Å². The molecule has 2 heterocycles. The van der Waals surface area contributed by atoms with Gasteiger partial charge in [0.05, 0.1) is 39.6 Å². The molecule has 2 rings (SSSR count). The number of rotatable bonds is 9. The van der Waals surface area contributed by atoms with Gasteiger partial charge in [0.1, 0.15) is 0 Å². The van der Waals surface area contributed by atoms with Gasteiger partial charge in [0.25, 0.3) is 0 Å². The number of hydrogen-bond acceptors (Lipinski definition) is 5. The Morgan fingerprint density at radius 1 is 1.25 bits per heavy atom. The van der Waals surface area contributed by atoms with Crippen LogP contribution in [0.25, 0.3) is 0 Å². The number of nitrogens with one attached hydrogen (secondary N) is 1. The highest BCUT2D eigenvalue weighted by Gasteiger charge is 2.25. The molecule has 140 valence electrons. The number of aliphatic imine (C=N–C) groups is 1. The monoisotopic (exact) mass is 342 g/mol. The lowest BCUT2D eigenvalue weighted by molar-refractivity contribution is 0.0394. The summed E-state index contributed by atoms with van der Waals surface area (Å²) in [6.45, 7) is 12.9. The summed E-state index contributed by atoms with van der Waals surface area (Å²) in [5, 5.41) is 3.43. The van der Waals surface area contributed by atoms with E-state index in [1.54, 1.807) is 7.11 Å². The Morgan fingerprint density at radius 3 is 2.83 bits per heavy atom. The van der Waals surface area contributed by atoms with Gasteiger partial charge in [-0.2, -0.15) is 0 Å². The van der Waals surface area contributed by atoms with Gasteiger partial charge >= 0.3 is 0 Å². The predicted molar refractivity (Wildman–Crippen MR) is 95.6 cm³/mol. The van der Waals surface area contributed by atoms with E-state index < -0.39 is 0 Å². The second kappa shape index (κ2) is 11.6. The van der Waals surface area contributed by atoms with Crippen molar-refractivity contribution >= 4 is 5.96 Å². The number of hydrogen-bond donors (Lipinski definition) is 1. The Bertz CT molecular complexity index is 362. The zero-order valence-electron chi connectivity index (χ0n) is 15.3. The highest BCUT2D eigenvalue weighted by Crippen LogP contribution is 2.16. The topological polar surface area (TPSA) is 58.6 Å². The number of methoxy groups -OCH3 is 1. The van der Waals surface area contributed by atoms with Crippen LogP contribution in [0.1, 0.15) is 13.3 Å². The van der Waals surface area contributed by atoms with E-state index in [0.29, 0.717) is 19.1 Å². The van der Waals surface area contributed by atoms with E-state index in [0.717, 1.165) is 71.6 Å². The molecule has 0 amide bonds. The predicted octanol–water partition coefficient (Wildman–Crippen LogP) is 0.269. The SMILES string of the molecule is CCNC(=NCCN1CCOCC1)N1CCC(COCCOC)C1. The molecule has 2 fully saturated rings. The molecule has 0 radical (unpaired) electrons. The first-order chi connectivity index (χ1) is 11.8. The normalized spacial score (nSPS) is 23.0. The van der Waals surface area contributed by atoms with Gasteiger partial charge in [-0.1, -0.05) is 0 Å². The van der Waals surface area contributed by atoms with Gasteiger partial charge in [0.15, 0.2) is 5.96 Å². The van der Waals surface area contributed by atoms with Crippen LogP contribution in [-0.2, 0) is 14.2 Å². The molecule has 0 aromatic rings.